The van der Waals surface area contributed by atoms with Crippen molar-refractivity contribution in [2.45, 2.75) is 25.8 Å². The van der Waals surface area contributed by atoms with E-state index in [0.717, 1.165) is 0 Å². The lowest BCUT2D eigenvalue weighted by molar-refractivity contribution is 0.0651. The van der Waals surface area contributed by atoms with Gasteiger partial charge in [-0.15, -0.1) is 0 Å². The van der Waals surface area contributed by atoms with Crippen molar-refractivity contribution < 1.29 is 19.7 Å². The lowest BCUT2D eigenvalue weighted by atomic mass is 9.97. The summed E-state index contributed by atoms with van der Waals surface area (Å²) in [6.45, 7) is 3.26. The molecule has 1 amide bonds. The molecule has 1 rings (SSSR count). The van der Waals surface area contributed by atoms with Gasteiger partial charge in [0.25, 0.3) is 5.91 Å². The van der Waals surface area contributed by atoms with Gasteiger partial charge in [-0.05, 0) is 25.5 Å². The Balaban J connectivity index is 3.08. The SMILES string of the molecule is CCOc1cccc(N)c1C(=O)NC(CC)(CO)CO. The molecule has 0 unspecified atom stereocenters. The van der Waals surface area contributed by atoms with E-state index in [1.54, 1.807) is 25.1 Å². The summed E-state index contributed by atoms with van der Waals surface area (Å²) >= 11 is 0. The number of hydrogen-bond donors (Lipinski definition) is 4. The first kappa shape index (κ1) is 16.3. The molecule has 20 heavy (non-hydrogen) atoms. The van der Waals surface area contributed by atoms with E-state index in [-0.39, 0.29) is 24.5 Å². The first-order chi connectivity index (χ1) is 9.53. The molecule has 112 valence electrons. The van der Waals surface area contributed by atoms with Crippen molar-refractivity contribution in [2.24, 2.45) is 0 Å². The maximum Gasteiger partial charge on any atom is 0.257 e. The van der Waals surface area contributed by atoms with Gasteiger partial charge in [0.05, 0.1) is 25.4 Å². The molecule has 0 saturated heterocycles. The number of aliphatic hydroxyl groups excluding tert-OH is 2. The van der Waals surface area contributed by atoms with Crippen LogP contribution in [0.5, 0.6) is 5.75 Å². The van der Waals surface area contributed by atoms with Crippen LogP contribution in [0.15, 0.2) is 18.2 Å². The Morgan fingerprint density at radius 2 is 2.00 bits per heavy atom. The second-order valence-corrected chi connectivity index (χ2v) is 4.56. The van der Waals surface area contributed by atoms with Crippen LogP contribution < -0.4 is 15.8 Å². The number of hydrogen-bond acceptors (Lipinski definition) is 5. The number of amides is 1. The number of carbonyl (C=O) groups is 1. The van der Waals surface area contributed by atoms with Gasteiger partial charge in [0, 0.05) is 5.69 Å². The summed E-state index contributed by atoms with van der Waals surface area (Å²) < 4.78 is 5.39. The predicted octanol–water partition coefficient (Wildman–Crippen LogP) is 0.531. The lowest BCUT2D eigenvalue weighted by Crippen LogP contribution is -2.53. The molecule has 1 aromatic rings. The highest BCUT2D eigenvalue weighted by molar-refractivity contribution is 6.02. The number of nitrogen functional groups attached to an aromatic ring is 1. The molecule has 0 atom stereocenters. The Hall–Kier alpha value is -1.79. The summed E-state index contributed by atoms with van der Waals surface area (Å²) in [6.07, 6.45) is 0.391. The van der Waals surface area contributed by atoms with E-state index in [1.165, 1.54) is 0 Å². The topological polar surface area (TPSA) is 105 Å². The molecule has 0 radical (unpaired) electrons. The van der Waals surface area contributed by atoms with Crippen molar-refractivity contribution in [2.75, 3.05) is 25.6 Å². The van der Waals surface area contributed by atoms with Crippen molar-refractivity contribution in [3.05, 3.63) is 23.8 Å². The van der Waals surface area contributed by atoms with Crippen LogP contribution in [0, 0.1) is 0 Å². The van der Waals surface area contributed by atoms with Gasteiger partial charge in [0.15, 0.2) is 0 Å². The van der Waals surface area contributed by atoms with E-state index in [2.05, 4.69) is 5.32 Å². The summed E-state index contributed by atoms with van der Waals surface area (Å²) in [4.78, 5) is 12.4. The number of nitrogens with one attached hydrogen (secondary N) is 1. The van der Waals surface area contributed by atoms with Crippen LogP contribution in [0.25, 0.3) is 0 Å². The number of benzene rings is 1. The minimum Gasteiger partial charge on any atom is -0.493 e. The van der Waals surface area contributed by atoms with E-state index < -0.39 is 11.4 Å². The third-order valence-corrected chi connectivity index (χ3v) is 3.25. The summed E-state index contributed by atoms with van der Waals surface area (Å²) in [5, 5.41) is 21.4. The molecule has 6 nitrogen and oxygen atoms in total. The number of anilines is 1. The fourth-order valence-corrected chi connectivity index (χ4v) is 1.81. The Labute approximate surface area is 118 Å². The van der Waals surface area contributed by atoms with Crippen LogP contribution >= 0.6 is 0 Å². The first-order valence-corrected chi connectivity index (χ1v) is 6.59. The largest absolute Gasteiger partial charge is 0.493 e. The monoisotopic (exact) mass is 282 g/mol. The maximum absolute atomic E-state index is 12.4. The maximum atomic E-state index is 12.4. The van der Waals surface area contributed by atoms with Gasteiger partial charge in [0.1, 0.15) is 11.3 Å². The Morgan fingerprint density at radius 3 is 2.50 bits per heavy atom. The average Bonchev–Trinajstić information content (AvgIpc) is 2.45. The summed E-state index contributed by atoms with van der Waals surface area (Å²) in [7, 11) is 0. The Kier molecular flexibility index (Phi) is 5.79. The van der Waals surface area contributed by atoms with E-state index in [9.17, 15) is 15.0 Å². The Morgan fingerprint density at radius 1 is 1.35 bits per heavy atom. The zero-order valence-corrected chi connectivity index (χ0v) is 11.8. The third kappa shape index (κ3) is 3.40. The number of carbonyl (C=O) groups excluding carboxylic acids is 1. The number of ether oxygens (including phenoxy) is 1. The van der Waals surface area contributed by atoms with Crippen molar-refractivity contribution in [1.82, 2.24) is 5.32 Å². The molecule has 0 saturated carbocycles. The molecule has 0 aliphatic heterocycles. The van der Waals surface area contributed by atoms with Crippen LogP contribution in [0.1, 0.15) is 30.6 Å². The molecule has 0 aliphatic carbocycles. The van der Waals surface area contributed by atoms with Crippen LogP contribution in [-0.2, 0) is 0 Å². The third-order valence-electron chi connectivity index (χ3n) is 3.25. The standard InChI is InChI=1S/C14H22N2O4/c1-3-14(8-17,9-18)16-13(19)12-10(15)6-5-7-11(12)20-4-2/h5-7,17-18H,3-4,8-9,15H2,1-2H3,(H,16,19). The zero-order chi connectivity index (χ0) is 15.2. The fraction of sp³-hybridized carbons (Fsp3) is 0.500. The quantitative estimate of drug-likeness (QED) is 0.546. The van der Waals surface area contributed by atoms with Gasteiger partial charge < -0.3 is 26.0 Å². The van der Waals surface area contributed by atoms with Gasteiger partial charge in [-0.3, -0.25) is 4.79 Å². The molecule has 6 heteroatoms. The van der Waals surface area contributed by atoms with Gasteiger partial charge >= 0.3 is 0 Å². The summed E-state index contributed by atoms with van der Waals surface area (Å²) in [5.41, 5.74) is 5.27. The highest BCUT2D eigenvalue weighted by Gasteiger charge is 2.30. The van der Waals surface area contributed by atoms with Crippen molar-refractivity contribution in [1.29, 1.82) is 0 Å². The van der Waals surface area contributed by atoms with Crippen LogP contribution in [0.4, 0.5) is 5.69 Å². The fourth-order valence-electron chi connectivity index (χ4n) is 1.81. The van der Waals surface area contributed by atoms with Gasteiger partial charge in [-0.25, -0.2) is 0 Å². The molecule has 0 aliphatic rings. The normalized spacial score (nSPS) is 11.2. The van der Waals surface area contributed by atoms with E-state index in [1.807, 2.05) is 6.92 Å². The molecule has 1 aromatic carbocycles. The first-order valence-electron chi connectivity index (χ1n) is 6.59. The van der Waals surface area contributed by atoms with E-state index in [0.29, 0.717) is 18.8 Å². The lowest BCUT2D eigenvalue weighted by Gasteiger charge is -2.30. The highest BCUT2D eigenvalue weighted by atomic mass is 16.5. The Bertz CT molecular complexity index is 450. The molecule has 0 heterocycles. The smallest absolute Gasteiger partial charge is 0.257 e. The van der Waals surface area contributed by atoms with Crippen molar-refractivity contribution in [3.8, 4) is 5.75 Å². The minimum absolute atomic E-state index is 0.217. The van der Waals surface area contributed by atoms with Crippen molar-refractivity contribution in [3.63, 3.8) is 0 Å². The van der Waals surface area contributed by atoms with Crippen LogP contribution in [-0.4, -0.2) is 41.5 Å². The second kappa shape index (κ2) is 7.12. The van der Waals surface area contributed by atoms with Gasteiger partial charge in [0.2, 0.25) is 0 Å². The second-order valence-electron chi connectivity index (χ2n) is 4.56. The number of rotatable bonds is 7. The number of nitrogens with two attached hydrogens (primary N) is 1. The molecular weight excluding hydrogens is 260 g/mol. The van der Waals surface area contributed by atoms with Gasteiger partial charge in [-0.1, -0.05) is 13.0 Å². The van der Waals surface area contributed by atoms with Crippen molar-refractivity contribution >= 4 is 11.6 Å². The predicted molar refractivity (Wildman–Crippen MR) is 76.7 cm³/mol. The highest BCUT2D eigenvalue weighted by Crippen LogP contribution is 2.25. The molecule has 5 N–H and O–H groups in total. The molecule has 0 aromatic heterocycles. The minimum atomic E-state index is -1.07. The van der Waals surface area contributed by atoms with E-state index >= 15 is 0 Å². The van der Waals surface area contributed by atoms with E-state index in [4.69, 9.17) is 10.5 Å². The average molecular weight is 282 g/mol. The summed E-state index contributed by atoms with van der Waals surface area (Å²) in [5.74, 6) is -0.0950. The number of aliphatic hydroxyl groups is 2. The van der Waals surface area contributed by atoms with Gasteiger partial charge in [-0.2, -0.15) is 0 Å². The van der Waals surface area contributed by atoms with Crippen LogP contribution in [0.2, 0.25) is 0 Å². The zero-order valence-electron chi connectivity index (χ0n) is 11.8. The summed E-state index contributed by atoms with van der Waals surface area (Å²) in [6, 6.07) is 4.95. The van der Waals surface area contributed by atoms with Crippen LogP contribution in [0.3, 0.4) is 0 Å². The molecular formula is C14H22N2O4. The molecule has 0 fully saturated rings. The molecule has 0 bridgehead atoms. The molecule has 0 spiro atoms.